The molecule has 2 heterocycles. The van der Waals surface area contributed by atoms with Gasteiger partial charge < -0.3 is 4.74 Å². The van der Waals surface area contributed by atoms with Crippen molar-refractivity contribution in [2.24, 2.45) is 4.99 Å². The molecule has 3 heteroatoms. The highest BCUT2D eigenvalue weighted by molar-refractivity contribution is 7.81. The summed E-state index contributed by atoms with van der Waals surface area (Å²) in [6.45, 7) is 2.89. The Kier molecular flexibility index (Phi) is 2.24. The van der Waals surface area contributed by atoms with Crippen molar-refractivity contribution in [2.45, 2.75) is 30.8 Å². The normalized spacial score (nSPS) is 40.5. The molecule has 0 saturated carbocycles. The van der Waals surface area contributed by atoms with Crippen LogP contribution < -0.4 is 0 Å². The van der Waals surface area contributed by atoms with Crippen LogP contribution >= 0.6 is 12.6 Å². The van der Waals surface area contributed by atoms with E-state index in [9.17, 15) is 0 Å². The summed E-state index contributed by atoms with van der Waals surface area (Å²) in [6.07, 6.45) is 5.57. The molecule has 1 fully saturated rings. The number of rotatable bonds is 1. The molecule has 0 spiro atoms. The summed E-state index contributed by atoms with van der Waals surface area (Å²) >= 11 is 4.44. The van der Waals surface area contributed by atoms with Crippen LogP contribution in [0.3, 0.4) is 0 Å². The predicted octanol–water partition coefficient (Wildman–Crippen LogP) is 1.47. The van der Waals surface area contributed by atoms with Gasteiger partial charge in [-0.1, -0.05) is 6.08 Å². The lowest BCUT2D eigenvalue weighted by Gasteiger charge is -2.08. The number of nitrogens with zero attached hydrogens (tertiary/aromatic N) is 1. The molecule has 3 atom stereocenters. The van der Waals surface area contributed by atoms with E-state index in [2.05, 4.69) is 36.7 Å². The average molecular weight is 183 g/mol. The number of ether oxygens (including phenoxy) is 1. The van der Waals surface area contributed by atoms with Crippen molar-refractivity contribution in [1.29, 1.82) is 0 Å². The van der Waals surface area contributed by atoms with Crippen molar-refractivity contribution < 1.29 is 4.74 Å². The Balaban J connectivity index is 2.03. The van der Waals surface area contributed by atoms with Gasteiger partial charge in [-0.2, -0.15) is 12.6 Å². The van der Waals surface area contributed by atoms with Gasteiger partial charge in [0.15, 0.2) is 0 Å². The second-order valence-corrected chi connectivity index (χ2v) is 3.96. The van der Waals surface area contributed by atoms with E-state index in [1.165, 1.54) is 0 Å². The Morgan fingerprint density at radius 3 is 3.00 bits per heavy atom. The second kappa shape index (κ2) is 3.23. The molecule has 1 saturated heterocycles. The maximum Gasteiger partial charge on any atom is 0.101 e. The molecule has 2 aliphatic rings. The lowest BCUT2D eigenvalue weighted by Crippen LogP contribution is -2.17. The zero-order chi connectivity index (χ0) is 8.55. The van der Waals surface area contributed by atoms with Gasteiger partial charge in [-0.25, -0.2) is 0 Å². The van der Waals surface area contributed by atoms with Crippen LogP contribution in [-0.2, 0) is 4.74 Å². The van der Waals surface area contributed by atoms with Crippen molar-refractivity contribution in [3.05, 3.63) is 12.2 Å². The molecule has 0 aromatic heterocycles. The third-order valence-electron chi connectivity index (χ3n) is 2.37. The summed E-state index contributed by atoms with van der Waals surface area (Å²) in [5.74, 6) is 0. The van der Waals surface area contributed by atoms with Crippen molar-refractivity contribution in [2.75, 3.05) is 6.54 Å². The summed E-state index contributed by atoms with van der Waals surface area (Å²) < 4.78 is 5.70. The van der Waals surface area contributed by atoms with Gasteiger partial charge in [0.25, 0.3) is 0 Å². The average Bonchev–Trinajstić information content (AvgIpc) is 2.61. The van der Waals surface area contributed by atoms with Gasteiger partial charge in [-0.3, -0.25) is 4.99 Å². The van der Waals surface area contributed by atoms with E-state index >= 15 is 0 Å². The minimum atomic E-state index is 0.196. The summed E-state index contributed by atoms with van der Waals surface area (Å²) in [5.41, 5.74) is 1.10. The molecule has 2 rings (SSSR count). The Morgan fingerprint density at radius 2 is 2.50 bits per heavy atom. The van der Waals surface area contributed by atoms with Gasteiger partial charge in [-0.15, -0.1) is 0 Å². The lowest BCUT2D eigenvalue weighted by atomic mass is 10.1. The van der Waals surface area contributed by atoms with Gasteiger partial charge in [0.05, 0.1) is 18.4 Å². The van der Waals surface area contributed by atoms with Crippen molar-refractivity contribution in [1.82, 2.24) is 0 Å². The van der Waals surface area contributed by atoms with Gasteiger partial charge in [0.2, 0.25) is 0 Å². The Morgan fingerprint density at radius 1 is 1.67 bits per heavy atom. The fourth-order valence-corrected chi connectivity index (χ4v) is 1.86. The highest BCUT2D eigenvalue weighted by Crippen LogP contribution is 2.26. The van der Waals surface area contributed by atoms with E-state index in [0.29, 0.717) is 5.25 Å². The fraction of sp³-hybridized carbons (Fsp3) is 0.667. The van der Waals surface area contributed by atoms with Gasteiger partial charge in [0.1, 0.15) is 6.10 Å². The van der Waals surface area contributed by atoms with Gasteiger partial charge in [-0.05, 0) is 19.4 Å². The molecule has 0 bridgehead atoms. The molecule has 2 nitrogen and oxygen atoms in total. The first-order valence-corrected chi connectivity index (χ1v) is 4.83. The third-order valence-corrected chi connectivity index (χ3v) is 3.00. The van der Waals surface area contributed by atoms with Crippen LogP contribution in [0, 0.1) is 0 Å². The minimum Gasteiger partial charge on any atom is -0.368 e. The predicted molar refractivity (Wildman–Crippen MR) is 53.2 cm³/mol. The molecule has 0 aromatic rings. The molecular weight excluding hydrogens is 170 g/mol. The molecular formula is C9H13NOS. The van der Waals surface area contributed by atoms with Crippen molar-refractivity contribution in [3.8, 4) is 0 Å². The first-order chi connectivity index (χ1) is 5.77. The highest BCUT2D eigenvalue weighted by Gasteiger charge is 2.32. The third kappa shape index (κ3) is 1.43. The number of aliphatic imine (C=N–C) groups is 1. The zero-order valence-corrected chi connectivity index (χ0v) is 8.00. The Labute approximate surface area is 78.1 Å². The first kappa shape index (κ1) is 8.32. The topological polar surface area (TPSA) is 21.6 Å². The molecule has 0 aliphatic carbocycles. The van der Waals surface area contributed by atoms with Gasteiger partial charge >= 0.3 is 0 Å². The summed E-state index contributed by atoms with van der Waals surface area (Å²) in [7, 11) is 0. The van der Waals surface area contributed by atoms with Crippen LogP contribution in [-0.4, -0.2) is 29.7 Å². The van der Waals surface area contributed by atoms with E-state index in [-0.39, 0.29) is 12.2 Å². The largest absolute Gasteiger partial charge is 0.368 e. The Hall–Kier alpha value is -0.280. The van der Waals surface area contributed by atoms with E-state index in [0.717, 1.165) is 18.7 Å². The van der Waals surface area contributed by atoms with E-state index in [1.54, 1.807) is 0 Å². The molecule has 0 radical (unpaired) electrons. The highest BCUT2D eigenvalue weighted by atomic mass is 32.1. The molecule has 2 aliphatic heterocycles. The molecule has 0 aromatic carbocycles. The molecule has 66 valence electrons. The molecule has 12 heavy (non-hydrogen) atoms. The second-order valence-electron chi connectivity index (χ2n) is 3.30. The van der Waals surface area contributed by atoms with Crippen LogP contribution in [0.2, 0.25) is 0 Å². The minimum absolute atomic E-state index is 0.196. The van der Waals surface area contributed by atoms with Crippen LogP contribution in [0.25, 0.3) is 0 Å². The number of hydrogen-bond donors (Lipinski definition) is 1. The van der Waals surface area contributed by atoms with Crippen LogP contribution in [0.1, 0.15) is 13.3 Å². The summed E-state index contributed by atoms with van der Waals surface area (Å²) in [4.78, 5) is 4.33. The van der Waals surface area contributed by atoms with Crippen molar-refractivity contribution in [3.63, 3.8) is 0 Å². The number of hydrogen-bond acceptors (Lipinski definition) is 3. The van der Waals surface area contributed by atoms with Crippen LogP contribution in [0.4, 0.5) is 0 Å². The quantitative estimate of drug-likeness (QED) is 0.611. The smallest absolute Gasteiger partial charge is 0.101 e. The summed E-state index contributed by atoms with van der Waals surface area (Å²) in [6, 6.07) is 0. The summed E-state index contributed by atoms with van der Waals surface area (Å²) in [5, 5.41) is 0.367. The van der Waals surface area contributed by atoms with E-state index in [4.69, 9.17) is 4.74 Å². The Bertz CT molecular complexity index is 227. The number of thiol groups is 1. The van der Waals surface area contributed by atoms with E-state index < -0.39 is 0 Å². The fourth-order valence-electron chi connectivity index (χ4n) is 1.60. The monoisotopic (exact) mass is 183 g/mol. The maximum absolute atomic E-state index is 5.70. The molecule has 0 unspecified atom stereocenters. The SMILES string of the molecule is C[C@@H]1O[C@@H](C2=NCC=C2)C[C@H]1S. The lowest BCUT2D eigenvalue weighted by molar-refractivity contribution is 0.0957. The molecule has 0 N–H and O–H groups in total. The maximum atomic E-state index is 5.70. The first-order valence-electron chi connectivity index (χ1n) is 4.32. The van der Waals surface area contributed by atoms with Crippen LogP contribution in [0.15, 0.2) is 17.1 Å². The standard InChI is InChI=1S/C9H13NOS/c1-6-9(12)5-8(11-6)7-3-2-4-10-7/h2-3,6,8-9,12H,4-5H2,1H3/t6-,8+,9+/m0/s1. The van der Waals surface area contributed by atoms with E-state index in [1.807, 2.05) is 0 Å². The molecule has 0 amide bonds. The van der Waals surface area contributed by atoms with Crippen LogP contribution in [0.5, 0.6) is 0 Å². The van der Waals surface area contributed by atoms with Gasteiger partial charge in [0, 0.05) is 5.25 Å². The zero-order valence-electron chi connectivity index (χ0n) is 7.10. The van der Waals surface area contributed by atoms with Crippen molar-refractivity contribution >= 4 is 18.3 Å².